The van der Waals surface area contributed by atoms with Crippen LogP contribution in [0.25, 0.3) is 16.7 Å². The molecule has 10 nitrogen and oxygen atoms in total. The topological polar surface area (TPSA) is 124 Å². The van der Waals surface area contributed by atoms with Gasteiger partial charge >= 0.3 is 5.97 Å². The number of benzene rings is 3. The Labute approximate surface area is 252 Å². The van der Waals surface area contributed by atoms with Crippen LogP contribution in [0.15, 0.2) is 48.7 Å². The number of carbonyl (C=O) groups is 2. The molecule has 43 heavy (non-hydrogen) atoms. The summed E-state index contributed by atoms with van der Waals surface area (Å²) in [6.45, 7) is 1.88. The number of nitrogens with one attached hydrogen (secondary N) is 2. The van der Waals surface area contributed by atoms with E-state index in [1.54, 1.807) is 43.6 Å². The minimum Gasteiger partial charge on any atom is -0.496 e. The number of morpholine rings is 1. The fraction of sp³-hybridized carbons (Fsp3) is 0.258. The van der Waals surface area contributed by atoms with Crippen LogP contribution in [-0.2, 0) is 11.3 Å². The molecule has 2 aliphatic rings. The number of hydrogen-bond donors (Lipinski definition) is 3. The molecular weight excluding hydrogens is 579 g/mol. The maximum atomic E-state index is 15.4. The Kier molecular flexibility index (Phi) is 8.84. The number of aromatic carboxylic acids is 1. The zero-order valence-corrected chi connectivity index (χ0v) is 24.3. The lowest BCUT2D eigenvalue weighted by molar-refractivity contribution is 0.0515. The minimum atomic E-state index is -1.22. The number of fused-ring (bicyclic) bond motifs is 1. The van der Waals surface area contributed by atoms with Crippen LogP contribution in [0.2, 0.25) is 5.02 Å². The number of rotatable bonds is 8. The van der Waals surface area contributed by atoms with Crippen molar-refractivity contribution in [3.63, 3.8) is 0 Å². The van der Waals surface area contributed by atoms with E-state index in [-0.39, 0.29) is 35.0 Å². The van der Waals surface area contributed by atoms with E-state index in [0.29, 0.717) is 65.8 Å². The Morgan fingerprint density at radius 1 is 1.12 bits per heavy atom. The highest BCUT2D eigenvalue weighted by molar-refractivity contribution is 6.34. The predicted octanol–water partition coefficient (Wildman–Crippen LogP) is 4.89. The second-order valence-corrected chi connectivity index (χ2v) is 10.3. The molecule has 0 atom stereocenters. The van der Waals surface area contributed by atoms with Crippen molar-refractivity contribution in [2.45, 2.75) is 6.54 Å². The first-order valence-electron chi connectivity index (χ1n) is 13.5. The highest BCUT2D eigenvalue weighted by atomic mass is 35.5. The first kappa shape index (κ1) is 29.9. The average Bonchev–Trinajstić information content (AvgIpc) is 3.03. The van der Waals surface area contributed by atoms with Crippen molar-refractivity contribution in [2.75, 3.05) is 52.1 Å². The molecule has 1 fully saturated rings. The summed E-state index contributed by atoms with van der Waals surface area (Å²) in [5, 5.41) is 20.5. The molecular formula is C31H30ClFN4O6. The summed E-state index contributed by atoms with van der Waals surface area (Å²) in [5.41, 5.74) is 2.84. The number of anilines is 1. The van der Waals surface area contributed by atoms with Gasteiger partial charge in [0.05, 0.1) is 48.7 Å². The van der Waals surface area contributed by atoms with Gasteiger partial charge in [-0.05, 0) is 24.3 Å². The second-order valence-electron chi connectivity index (χ2n) is 9.89. The van der Waals surface area contributed by atoms with Gasteiger partial charge in [0.25, 0.3) is 5.91 Å². The van der Waals surface area contributed by atoms with Crippen LogP contribution < -0.4 is 19.7 Å². The van der Waals surface area contributed by atoms with Crippen LogP contribution in [0.3, 0.4) is 0 Å². The predicted molar refractivity (Wildman–Crippen MR) is 161 cm³/mol. The maximum Gasteiger partial charge on any atom is 0.337 e. The second kappa shape index (κ2) is 12.7. The van der Waals surface area contributed by atoms with E-state index in [1.807, 2.05) is 4.90 Å². The maximum absolute atomic E-state index is 15.4. The lowest BCUT2D eigenvalue weighted by Gasteiger charge is -2.32. The molecule has 3 aromatic carbocycles. The third-order valence-corrected chi connectivity index (χ3v) is 7.67. The van der Waals surface area contributed by atoms with Crippen molar-refractivity contribution in [1.29, 1.82) is 5.41 Å². The van der Waals surface area contributed by atoms with Crippen molar-refractivity contribution in [1.82, 2.24) is 10.2 Å². The first-order valence-corrected chi connectivity index (χ1v) is 13.8. The monoisotopic (exact) mass is 608 g/mol. The zero-order valence-electron chi connectivity index (χ0n) is 23.6. The molecule has 1 amide bonds. The van der Waals surface area contributed by atoms with Crippen LogP contribution in [-0.4, -0.2) is 75.3 Å². The van der Waals surface area contributed by atoms with Crippen molar-refractivity contribution in [2.24, 2.45) is 0 Å². The van der Waals surface area contributed by atoms with E-state index in [1.165, 1.54) is 18.1 Å². The van der Waals surface area contributed by atoms with Crippen LogP contribution in [0.5, 0.6) is 11.5 Å². The molecule has 3 aromatic rings. The number of carboxylic acid groups (broad SMARTS) is 1. The summed E-state index contributed by atoms with van der Waals surface area (Å²) >= 11 is 6.55. The molecule has 3 N–H and O–H groups in total. The Morgan fingerprint density at radius 3 is 2.56 bits per heavy atom. The van der Waals surface area contributed by atoms with Gasteiger partial charge in [-0.3, -0.25) is 4.79 Å². The van der Waals surface area contributed by atoms with E-state index in [0.717, 1.165) is 12.3 Å². The van der Waals surface area contributed by atoms with Crippen LogP contribution in [0.1, 0.15) is 31.8 Å². The summed E-state index contributed by atoms with van der Waals surface area (Å²) in [7, 11) is 3.17. The van der Waals surface area contributed by atoms with Gasteiger partial charge < -0.3 is 39.8 Å². The number of methoxy groups -OCH3 is 1. The summed E-state index contributed by atoms with van der Waals surface area (Å²) in [6.07, 6.45) is 2.78. The summed E-state index contributed by atoms with van der Waals surface area (Å²) < 4.78 is 32.4. The Hall–Kier alpha value is -4.61. The van der Waals surface area contributed by atoms with Gasteiger partial charge in [0.1, 0.15) is 17.3 Å². The van der Waals surface area contributed by atoms with Gasteiger partial charge in [-0.25, -0.2) is 9.18 Å². The molecule has 0 spiro atoms. The fourth-order valence-electron chi connectivity index (χ4n) is 5.26. The molecule has 0 unspecified atom stereocenters. The Balaban J connectivity index is 1.47. The van der Waals surface area contributed by atoms with Crippen LogP contribution >= 0.6 is 11.6 Å². The summed E-state index contributed by atoms with van der Waals surface area (Å²) in [4.78, 5) is 28.9. The van der Waals surface area contributed by atoms with Crippen LogP contribution in [0.4, 0.5) is 10.1 Å². The number of allylic oxidation sites excluding steroid dienone is 1. The number of carboxylic acids is 1. The van der Waals surface area contributed by atoms with Crippen molar-refractivity contribution in [3.8, 4) is 22.6 Å². The molecule has 224 valence electrons. The average molecular weight is 609 g/mol. The van der Waals surface area contributed by atoms with Gasteiger partial charge in [0, 0.05) is 60.4 Å². The van der Waals surface area contributed by atoms with Crippen molar-refractivity contribution >= 4 is 41.0 Å². The largest absolute Gasteiger partial charge is 0.496 e. The zero-order chi connectivity index (χ0) is 30.7. The first-order chi connectivity index (χ1) is 20.8. The van der Waals surface area contributed by atoms with E-state index in [9.17, 15) is 14.7 Å². The van der Waals surface area contributed by atoms with Crippen molar-refractivity contribution < 1.29 is 33.3 Å². The van der Waals surface area contributed by atoms with E-state index >= 15 is 4.39 Å². The molecule has 5 rings (SSSR count). The quantitative estimate of drug-likeness (QED) is 0.309. The standard InChI is InChI=1S/C31H30ClFN4O6/c1-35-15-19(14-34)21-10-25(32)23(13-28(21)41-2)30(38)37-16-18-4-3-5-20(29(18)43-17-37)22-12-27(36-6-8-42-9-7-36)24(31(39)40)11-26(22)33/h3-5,10-15,34-35H,6-9,16-17H2,1-2H3,(H,39,40)/b19-15+,34-14?. The number of hydrogen-bond acceptors (Lipinski definition) is 8. The summed E-state index contributed by atoms with van der Waals surface area (Å²) in [6, 6.07) is 10.9. The highest BCUT2D eigenvalue weighted by Crippen LogP contribution is 2.41. The Morgan fingerprint density at radius 2 is 1.88 bits per heavy atom. The number of carbonyl (C=O) groups excluding carboxylic acids is 1. The number of amides is 1. The third-order valence-electron chi connectivity index (χ3n) is 7.35. The van der Waals surface area contributed by atoms with Gasteiger partial charge in [-0.15, -0.1) is 0 Å². The summed E-state index contributed by atoms with van der Waals surface area (Å²) in [5.74, 6) is -1.53. The van der Waals surface area contributed by atoms with E-state index in [4.69, 9.17) is 31.2 Å². The molecule has 12 heteroatoms. The molecule has 0 saturated carbocycles. The molecule has 2 heterocycles. The SMILES string of the molecule is CN/C=C(\C=N)c1cc(Cl)c(C(=O)N2COc3c(cccc3-c3cc(N4CCOCC4)c(C(=O)O)cc3F)C2)cc1OC. The Bertz CT molecular complexity index is 1620. The number of para-hydroxylation sites is 1. The molecule has 2 aliphatic heterocycles. The normalized spacial score (nSPS) is 14.9. The van der Waals surface area contributed by atoms with Gasteiger partial charge in [0.2, 0.25) is 0 Å². The molecule has 0 aromatic heterocycles. The third kappa shape index (κ3) is 5.86. The van der Waals surface area contributed by atoms with Crippen LogP contribution in [0, 0.1) is 11.2 Å². The number of halogens is 2. The van der Waals surface area contributed by atoms with Gasteiger partial charge in [-0.2, -0.15) is 0 Å². The highest BCUT2D eigenvalue weighted by Gasteiger charge is 2.29. The van der Waals surface area contributed by atoms with Crippen molar-refractivity contribution in [3.05, 3.63) is 81.8 Å². The van der Waals surface area contributed by atoms with Gasteiger partial charge in [-0.1, -0.05) is 29.8 Å². The van der Waals surface area contributed by atoms with E-state index < -0.39 is 17.7 Å². The lowest BCUT2D eigenvalue weighted by Crippen LogP contribution is -2.37. The smallest absolute Gasteiger partial charge is 0.337 e. The molecule has 0 radical (unpaired) electrons. The van der Waals surface area contributed by atoms with Gasteiger partial charge in [0.15, 0.2) is 6.73 Å². The lowest BCUT2D eigenvalue weighted by atomic mass is 9.97. The number of nitrogens with zero attached hydrogens (tertiary/aromatic N) is 2. The minimum absolute atomic E-state index is 0.125. The molecule has 1 saturated heterocycles. The fourth-order valence-corrected chi connectivity index (χ4v) is 5.50. The molecule has 0 aliphatic carbocycles. The number of ether oxygens (including phenoxy) is 3. The molecule has 0 bridgehead atoms. The van der Waals surface area contributed by atoms with E-state index in [2.05, 4.69) is 5.32 Å².